The summed E-state index contributed by atoms with van der Waals surface area (Å²) in [5.74, 6) is -1.09. The average molecular weight is 511 g/mol. The van der Waals surface area contributed by atoms with Crippen LogP contribution in [-0.2, 0) is 9.59 Å². The van der Waals surface area contributed by atoms with E-state index in [-0.39, 0.29) is 33.7 Å². The molecule has 0 heterocycles. The van der Waals surface area contributed by atoms with E-state index in [9.17, 15) is 24.8 Å². The fraction of sp³-hybridized carbons (Fsp3) is 0.318. The van der Waals surface area contributed by atoms with Crippen molar-refractivity contribution in [2.75, 3.05) is 0 Å². The number of nitrogens with one attached hydrogen (secondary N) is 2. The molecule has 12 heteroatoms. The van der Waals surface area contributed by atoms with Crippen molar-refractivity contribution in [2.24, 2.45) is 11.0 Å². The fourth-order valence-electron chi connectivity index (χ4n) is 2.81. The number of amides is 2. The molecule has 34 heavy (non-hydrogen) atoms. The van der Waals surface area contributed by atoms with Gasteiger partial charge in [0.05, 0.1) is 16.2 Å². The molecule has 0 aromatic heterocycles. The fourth-order valence-corrected chi connectivity index (χ4v) is 3.26. The predicted molar refractivity (Wildman–Crippen MR) is 128 cm³/mol. The molecule has 2 aromatic rings. The molecular formula is C22H24Cl2N4O6. The third-order valence-corrected chi connectivity index (χ3v) is 5.04. The molecule has 182 valence electrons. The van der Waals surface area contributed by atoms with Crippen LogP contribution in [0.15, 0.2) is 41.5 Å². The summed E-state index contributed by atoms with van der Waals surface area (Å²) in [7, 11) is 0. The van der Waals surface area contributed by atoms with Gasteiger partial charge in [0.15, 0.2) is 6.10 Å². The van der Waals surface area contributed by atoms with Gasteiger partial charge in [-0.1, -0.05) is 37.0 Å². The molecule has 10 nitrogen and oxygen atoms in total. The summed E-state index contributed by atoms with van der Waals surface area (Å²) in [4.78, 5) is 35.6. The van der Waals surface area contributed by atoms with Gasteiger partial charge in [0, 0.05) is 22.7 Å². The molecule has 0 unspecified atom stereocenters. The first kappa shape index (κ1) is 26.9. The Hall–Kier alpha value is -3.37. The summed E-state index contributed by atoms with van der Waals surface area (Å²) in [5, 5.41) is 27.8. The van der Waals surface area contributed by atoms with Gasteiger partial charge in [-0.15, -0.1) is 0 Å². The van der Waals surface area contributed by atoms with Gasteiger partial charge in [0.2, 0.25) is 0 Å². The second-order valence-corrected chi connectivity index (χ2v) is 8.60. The second-order valence-electron chi connectivity index (χ2n) is 7.76. The summed E-state index contributed by atoms with van der Waals surface area (Å²) in [6.45, 7) is 5.27. The highest BCUT2D eigenvalue weighted by Gasteiger charge is 2.25. The minimum Gasteiger partial charge on any atom is -0.507 e. The SMILES string of the molecule is CC(C)C[C@@H](NC(=O)[C@@H](C)Oc1ccc(Cl)cc1Cl)C(=O)N/N=C\c1cc([N+](=O)[O-])ccc1O. The number of phenols is 1. The third-order valence-electron chi connectivity index (χ3n) is 4.51. The van der Waals surface area contributed by atoms with Crippen molar-refractivity contribution < 1.29 is 24.4 Å². The number of hydrogen-bond acceptors (Lipinski definition) is 7. The maximum atomic E-state index is 12.7. The van der Waals surface area contributed by atoms with Gasteiger partial charge < -0.3 is 15.2 Å². The van der Waals surface area contributed by atoms with Crippen molar-refractivity contribution in [3.8, 4) is 11.5 Å². The first-order chi connectivity index (χ1) is 16.0. The zero-order valence-corrected chi connectivity index (χ0v) is 20.1. The number of rotatable bonds is 10. The van der Waals surface area contributed by atoms with E-state index in [1.54, 1.807) is 6.07 Å². The Kier molecular flexibility index (Phi) is 9.64. The summed E-state index contributed by atoms with van der Waals surface area (Å²) in [5.41, 5.74) is 2.08. The molecule has 0 saturated carbocycles. The lowest BCUT2D eigenvalue weighted by Crippen LogP contribution is -2.49. The van der Waals surface area contributed by atoms with Crippen LogP contribution in [-0.4, -0.2) is 40.2 Å². The minimum atomic E-state index is -0.966. The largest absolute Gasteiger partial charge is 0.507 e. The highest BCUT2D eigenvalue weighted by Crippen LogP contribution is 2.28. The molecule has 3 N–H and O–H groups in total. The Morgan fingerprint density at radius 2 is 1.88 bits per heavy atom. The maximum absolute atomic E-state index is 12.7. The average Bonchev–Trinajstić information content (AvgIpc) is 2.75. The smallest absolute Gasteiger partial charge is 0.270 e. The first-order valence-electron chi connectivity index (χ1n) is 10.2. The van der Waals surface area contributed by atoms with Crippen molar-refractivity contribution in [2.45, 2.75) is 39.3 Å². The predicted octanol–water partition coefficient (Wildman–Crippen LogP) is 4.06. The van der Waals surface area contributed by atoms with E-state index < -0.39 is 28.9 Å². The Balaban J connectivity index is 2.05. The quantitative estimate of drug-likeness (QED) is 0.249. The molecule has 0 aliphatic carbocycles. The van der Waals surface area contributed by atoms with Gasteiger partial charge in [0.25, 0.3) is 17.5 Å². The number of hydrazone groups is 1. The van der Waals surface area contributed by atoms with Gasteiger partial charge in [-0.3, -0.25) is 19.7 Å². The molecule has 2 rings (SSSR count). The van der Waals surface area contributed by atoms with E-state index in [0.29, 0.717) is 11.4 Å². The minimum absolute atomic E-state index is 0.0424. The third kappa shape index (κ3) is 7.89. The van der Waals surface area contributed by atoms with Crippen LogP contribution in [0.4, 0.5) is 5.69 Å². The topological polar surface area (TPSA) is 143 Å². The van der Waals surface area contributed by atoms with Crippen LogP contribution in [0, 0.1) is 16.0 Å². The number of carbonyl (C=O) groups excluding carboxylic acids is 2. The lowest BCUT2D eigenvalue weighted by Gasteiger charge is -2.22. The number of hydrogen-bond donors (Lipinski definition) is 3. The van der Waals surface area contributed by atoms with E-state index in [0.717, 1.165) is 24.4 Å². The van der Waals surface area contributed by atoms with Gasteiger partial charge in [0.1, 0.15) is 17.5 Å². The normalized spacial score (nSPS) is 12.9. The Bertz CT molecular complexity index is 1090. The van der Waals surface area contributed by atoms with Crippen molar-refractivity contribution >= 4 is 46.9 Å². The van der Waals surface area contributed by atoms with Gasteiger partial charge >= 0.3 is 0 Å². The summed E-state index contributed by atoms with van der Waals surface area (Å²) < 4.78 is 5.58. The number of aromatic hydroxyl groups is 1. The van der Waals surface area contributed by atoms with Crippen LogP contribution in [0.5, 0.6) is 11.5 Å². The summed E-state index contributed by atoms with van der Waals surface area (Å²) >= 11 is 11.9. The monoisotopic (exact) mass is 510 g/mol. The molecule has 0 saturated heterocycles. The maximum Gasteiger partial charge on any atom is 0.270 e. The molecule has 0 spiro atoms. The molecule has 2 atom stereocenters. The molecule has 2 amide bonds. The number of nitrogens with zero attached hydrogens (tertiary/aromatic N) is 2. The number of phenolic OH excluding ortho intramolecular Hbond substituents is 1. The summed E-state index contributed by atoms with van der Waals surface area (Å²) in [6.07, 6.45) is 0.415. The second kappa shape index (κ2) is 12.2. The number of non-ortho nitro benzene ring substituents is 1. The lowest BCUT2D eigenvalue weighted by molar-refractivity contribution is -0.384. The van der Waals surface area contributed by atoms with E-state index in [4.69, 9.17) is 27.9 Å². The van der Waals surface area contributed by atoms with Crippen molar-refractivity contribution in [3.63, 3.8) is 0 Å². The van der Waals surface area contributed by atoms with Gasteiger partial charge in [-0.25, -0.2) is 5.43 Å². The van der Waals surface area contributed by atoms with E-state index in [2.05, 4.69) is 15.8 Å². The summed E-state index contributed by atoms with van der Waals surface area (Å²) in [6, 6.07) is 7.05. The van der Waals surface area contributed by atoms with Crippen LogP contribution in [0.3, 0.4) is 0 Å². The molecule has 0 fully saturated rings. The number of nitro groups is 1. The van der Waals surface area contributed by atoms with E-state index in [1.165, 1.54) is 19.1 Å². The number of halogens is 2. The Morgan fingerprint density at radius 3 is 2.50 bits per heavy atom. The molecule has 0 aliphatic heterocycles. The standard InChI is InChI=1S/C22H24Cl2N4O6/c1-12(2)8-18(26-21(30)13(3)34-20-7-4-15(23)10-17(20)24)22(31)27-25-11-14-9-16(28(32)33)5-6-19(14)29/h4-7,9-13,18,29H,8H2,1-3H3,(H,26,30)(H,27,31)/b25-11-/t13-,18-/m1/s1. The first-order valence-corrected chi connectivity index (χ1v) is 11.0. The van der Waals surface area contributed by atoms with Crippen LogP contribution < -0.4 is 15.5 Å². The van der Waals surface area contributed by atoms with Crippen molar-refractivity contribution in [3.05, 3.63) is 62.1 Å². The molecule has 2 aromatic carbocycles. The Labute approximate surface area is 206 Å². The van der Waals surface area contributed by atoms with Crippen LogP contribution in [0.25, 0.3) is 0 Å². The van der Waals surface area contributed by atoms with Crippen LogP contribution in [0.1, 0.15) is 32.8 Å². The number of carbonyl (C=O) groups is 2. The van der Waals surface area contributed by atoms with E-state index in [1.807, 2.05) is 13.8 Å². The molecule has 0 bridgehead atoms. The van der Waals surface area contributed by atoms with Crippen LogP contribution in [0.2, 0.25) is 10.0 Å². The van der Waals surface area contributed by atoms with Gasteiger partial charge in [-0.05, 0) is 43.5 Å². The van der Waals surface area contributed by atoms with Gasteiger partial charge in [-0.2, -0.15) is 5.10 Å². The number of nitro benzene ring substituents is 1. The zero-order valence-electron chi connectivity index (χ0n) is 18.6. The Morgan fingerprint density at radius 1 is 1.18 bits per heavy atom. The van der Waals surface area contributed by atoms with Crippen molar-refractivity contribution in [1.29, 1.82) is 0 Å². The molecular weight excluding hydrogens is 487 g/mol. The number of ether oxygens (including phenoxy) is 1. The highest BCUT2D eigenvalue weighted by molar-refractivity contribution is 6.35. The van der Waals surface area contributed by atoms with E-state index >= 15 is 0 Å². The van der Waals surface area contributed by atoms with Crippen molar-refractivity contribution in [1.82, 2.24) is 10.7 Å². The van der Waals surface area contributed by atoms with Crippen LogP contribution >= 0.6 is 23.2 Å². The molecule has 0 aliphatic rings. The number of benzene rings is 2. The lowest BCUT2D eigenvalue weighted by atomic mass is 10.0. The highest BCUT2D eigenvalue weighted by atomic mass is 35.5. The zero-order chi connectivity index (χ0) is 25.4. The molecule has 0 radical (unpaired) electrons.